The van der Waals surface area contributed by atoms with Crippen molar-refractivity contribution in [1.29, 1.82) is 0 Å². The first kappa shape index (κ1) is 12.2. The van der Waals surface area contributed by atoms with E-state index < -0.39 is 24.9 Å². The minimum Gasteiger partial charge on any atom is -0.303 e. The summed E-state index contributed by atoms with van der Waals surface area (Å²) in [6.45, 7) is 6.24. The van der Waals surface area contributed by atoms with E-state index in [1.54, 1.807) is 0 Å². The lowest BCUT2D eigenvalue weighted by Gasteiger charge is -2.61. The molecular weight excluding hydrogens is 304 g/mol. The van der Waals surface area contributed by atoms with Crippen LogP contribution in [0.4, 0.5) is 0 Å². The molecule has 4 rings (SSSR count). The molecule has 0 aromatic heterocycles. The predicted octanol–water partition coefficient (Wildman–Crippen LogP) is 6.65. The summed E-state index contributed by atoms with van der Waals surface area (Å²) in [6.07, 6.45) is 4.45. The van der Waals surface area contributed by atoms with Gasteiger partial charge in [-0.05, 0) is 104 Å². The van der Waals surface area contributed by atoms with E-state index >= 15 is 0 Å². The Kier molecular flexibility index (Phi) is 3.26. The minimum absolute atomic E-state index is 0.204. The molecule has 1 unspecified atom stereocenters. The molecule has 8 atom stereocenters. The minimum atomic E-state index is -2.98. The summed E-state index contributed by atoms with van der Waals surface area (Å²) in [7, 11) is 0. The number of hydrogen-bond donors (Lipinski definition) is 0. The SMILES string of the molecule is [2H]C(=O)C([2H])([2H])C([2H])([2H])[C@@]([2H])(C)[C@H]1CC[C@H]2[C@@H]3CCC4CCCC[C@]4(C)[C@H]3CC[C@@]21C. The van der Waals surface area contributed by atoms with Gasteiger partial charge in [0.2, 0.25) is 0 Å². The monoisotopic (exact) mass is 350 g/mol. The molecule has 0 aromatic carbocycles. The Morgan fingerprint density at radius 3 is 2.68 bits per heavy atom. The van der Waals surface area contributed by atoms with Gasteiger partial charge in [0.15, 0.2) is 0 Å². The molecule has 4 fully saturated rings. The van der Waals surface area contributed by atoms with Crippen molar-refractivity contribution in [2.75, 3.05) is 0 Å². The highest BCUT2D eigenvalue weighted by Gasteiger charge is 2.59. The van der Waals surface area contributed by atoms with E-state index in [1.807, 2.05) is 0 Å². The molecular formula is C24H40O. The molecule has 0 aliphatic heterocycles. The lowest BCUT2D eigenvalue weighted by atomic mass is 9.44. The fourth-order valence-corrected chi connectivity index (χ4v) is 8.22. The molecule has 0 saturated heterocycles. The van der Waals surface area contributed by atoms with Gasteiger partial charge in [-0.15, -0.1) is 0 Å². The Labute approximate surface area is 164 Å². The Morgan fingerprint density at radius 2 is 1.88 bits per heavy atom. The van der Waals surface area contributed by atoms with Crippen molar-refractivity contribution >= 4 is 6.26 Å². The maximum atomic E-state index is 11.7. The number of fused-ring (bicyclic) bond motifs is 5. The van der Waals surface area contributed by atoms with Crippen LogP contribution in [0, 0.1) is 46.3 Å². The van der Waals surface area contributed by atoms with Crippen LogP contribution in [0.2, 0.25) is 0 Å². The van der Waals surface area contributed by atoms with E-state index in [1.165, 1.54) is 45.4 Å². The number of aldehydes is 1. The van der Waals surface area contributed by atoms with Gasteiger partial charge in [0, 0.05) is 13.2 Å². The van der Waals surface area contributed by atoms with E-state index in [4.69, 9.17) is 8.22 Å². The van der Waals surface area contributed by atoms with E-state index in [-0.39, 0.29) is 11.3 Å². The van der Waals surface area contributed by atoms with Crippen molar-refractivity contribution in [3.8, 4) is 0 Å². The quantitative estimate of drug-likeness (QED) is 0.519. The van der Waals surface area contributed by atoms with Crippen LogP contribution >= 0.6 is 0 Å². The van der Waals surface area contributed by atoms with Gasteiger partial charge in [-0.3, -0.25) is 0 Å². The molecule has 1 nitrogen and oxygen atoms in total. The van der Waals surface area contributed by atoms with Crippen LogP contribution in [0.3, 0.4) is 0 Å². The molecule has 1 heteroatoms. The van der Waals surface area contributed by atoms with Crippen molar-refractivity contribution in [3.05, 3.63) is 0 Å². The number of carbonyl (C=O) groups excluding carboxylic acids is 1. The second-order valence-corrected chi connectivity index (χ2v) is 10.1. The number of hydrogen-bond acceptors (Lipinski definition) is 1. The molecule has 4 aliphatic rings. The second-order valence-electron chi connectivity index (χ2n) is 10.1. The van der Waals surface area contributed by atoms with Crippen LogP contribution in [0.5, 0.6) is 0 Å². The zero-order valence-corrected chi connectivity index (χ0v) is 16.4. The zero-order chi connectivity index (χ0) is 23.0. The number of rotatable bonds is 4. The highest BCUT2D eigenvalue weighted by molar-refractivity contribution is 5.49. The highest BCUT2D eigenvalue weighted by Crippen LogP contribution is 2.68. The maximum absolute atomic E-state index is 11.7. The third kappa shape index (κ3) is 2.74. The van der Waals surface area contributed by atoms with E-state index in [0.29, 0.717) is 23.7 Å². The zero-order valence-electron chi connectivity index (χ0n) is 22.4. The van der Waals surface area contributed by atoms with Crippen molar-refractivity contribution in [1.82, 2.24) is 0 Å². The van der Waals surface area contributed by atoms with Crippen LogP contribution < -0.4 is 0 Å². The van der Waals surface area contributed by atoms with Crippen molar-refractivity contribution in [2.24, 2.45) is 46.3 Å². The third-order valence-electron chi connectivity index (χ3n) is 9.42. The summed E-state index contributed by atoms with van der Waals surface area (Å²) >= 11 is 0. The summed E-state index contributed by atoms with van der Waals surface area (Å²) in [5.41, 5.74) is 0.221. The van der Waals surface area contributed by atoms with Gasteiger partial charge in [0.1, 0.15) is 7.63 Å². The molecule has 0 aromatic rings. The average molecular weight is 351 g/mol. The lowest BCUT2D eigenvalue weighted by Crippen LogP contribution is -2.53. The summed E-state index contributed by atoms with van der Waals surface area (Å²) in [5.74, 6) is 0.559. The molecule has 0 N–H and O–H groups in total. The summed E-state index contributed by atoms with van der Waals surface area (Å²) in [5, 5.41) is 0. The third-order valence-corrected chi connectivity index (χ3v) is 9.42. The van der Waals surface area contributed by atoms with E-state index in [9.17, 15) is 4.79 Å². The predicted molar refractivity (Wildman–Crippen MR) is 104 cm³/mol. The van der Waals surface area contributed by atoms with Gasteiger partial charge < -0.3 is 4.79 Å². The molecule has 4 saturated carbocycles. The molecule has 0 radical (unpaired) electrons. The molecule has 0 amide bonds. The Hall–Kier alpha value is -0.330. The van der Waals surface area contributed by atoms with E-state index in [0.717, 1.165) is 31.1 Å². The summed E-state index contributed by atoms with van der Waals surface area (Å²) in [4.78, 5) is 11.7. The Morgan fingerprint density at radius 1 is 1.08 bits per heavy atom. The fraction of sp³-hybridized carbons (Fsp3) is 0.958. The molecule has 0 heterocycles. The summed E-state index contributed by atoms with van der Waals surface area (Å²) in [6, 6.07) is 0. The first-order chi connectivity index (χ1) is 14.2. The van der Waals surface area contributed by atoms with Crippen molar-refractivity contribution in [2.45, 2.75) is 97.7 Å². The molecule has 0 bridgehead atoms. The maximum Gasteiger partial charge on any atom is 0.120 e. The lowest BCUT2D eigenvalue weighted by molar-refractivity contribution is -0.115. The molecule has 0 spiro atoms. The highest BCUT2D eigenvalue weighted by atomic mass is 16.1. The van der Waals surface area contributed by atoms with Gasteiger partial charge in [0.25, 0.3) is 0 Å². The molecule has 25 heavy (non-hydrogen) atoms. The second kappa shape index (κ2) is 6.68. The van der Waals surface area contributed by atoms with Crippen LogP contribution in [-0.2, 0) is 4.79 Å². The topological polar surface area (TPSA) is 17.1 Å². The van der Waals surface area contributed by atoms with Gasteiger partial charge in [-0.2, -0.15) is 0 Å². The first-order valence-electron chi connectivity index (χ1n) is 13.7. The van der Waals surface area contributed by atoms with Crippen LogP contribution in [0.1, 0.15) is 106 Å². The molecule has 142 valence electrons. The number of carbonyl (C=O) groups is 1. The van der Waals surface area contributed by atoms with Crippen LogP contribution in [-0.4, -0.2) is 6.26 Å². The Bertz CT molecular complexity index is 736. The van der Waals surface area contributed by atoms with Gasteiger partial charge >= 0.3 is 0 Å². The van der Waals surface area contributed by atoms with Crippen molar-refractivity contribution in [3.63, 3.8) is 0 Å². The van der Waals surface area contributed by atoms with Gasteiger partial charge in [0.05, 0.1) is 0 Å². The average Bonchev–Trinajstić information content (AvgIpc) is 3.05. The largest absolute Gasteiger partial charge is 0.303 e. The summed E-state index contributed by atoms with van der Waals surface area (Å²) < 4.78 is 49.4. The van der Waals surface area contributed by atoms with Crippen LogP contribution in [0.15, 0.2) is 0 Å². The fourth-order valence-electron chi connectivity index (χ4n) is 8.22. The van der Waals surface area contributed by atoms with E-state index in [2.05, 4.69) is 13.8 Å². The van der Waals surface area contributed by atoms with Gasteiger partial charge in [-0.1, -0.05) is 33.6 Å². The Balaban J connectivity index is 1.64. The molecule has 4 aliphatic carbocycles. The van der Waals surface area contributed by atoms with Crippen LogP contribution in [0.25, 0.3) is 0 Å². The standard InChI is InChI=1S/C24H40O/c1-17(7-6-16-25)20-11-12-21-19-10-9-18-8-4-5-14-23(18,2)22(19)13-15-24(20,21)3/h16-22H,4-15H2,1-3H3/t17-,18?,19+,20-,21+,22+,23+,24-/m1/s1/i6D2,7D2,16D,17D. The first-order valence-corrected chi connectivity index (χ1v) is 10.7. The smallest absolute Gasteiger partial charge is 0.120 e. The van der Waals surface area contributed by atoms with Gasteiger partial charge in [-0.25, -0.2) is 0 Å². The normalized spacial score (nSPS) is 56.4. The van der Waals surface area contributed by atoms with Crippen molar-refractivity contribution < 1.29 is 13.0 Å².